The van der Waals surface area contributed by atoms with Gasteiger partial charge < -0.3 is 5.32 Å². The number of benzene rings is 2. The molecule has 3 aromatic rings. The molecule has 3 rings (SSSR count). The number of hydrogen-bond acceptors (Lipinski definition) is 5. The zero-order valence-corrected chi connectivity index (χ0v) is 20.7. The zero-order valence-electron chi connectivity index (χ0n) is 19.2. The quantitative estimate of drug-likeness (QED) is 0.400. The Morgan fingerprint density at radius 2 is 1.75 bits per heavy atom. The summed E-state index contributed by atoms with van der Waals surface area (Å²) in [5.41, 5.74) is 2.98. The van der Waals surface area contributed by atoms with Gasteiger partial charge in [-0.1, -0.05) is 49.3 Å². The molecule has 2 atom stereocenters. The molecule has 170 valence electrons. The highest BCUT2D eigenvalue weighted by Gasteiger charge is 2.21. The Balaban J connectivity index is 1.74. The standard InChI is InChI=1S/C24H30ClN5OS/c1-6-16(2)18-7-11-20(12-8-18)26-22(31)15-32-24-28-27-23(17(3)29(4)5)30(24)21-13-9-19(25)10-14-21/h7-14,16-17H,6,15H2,1-5H3,(H,26,31)/t16-,17-/m1/s1. The molecule has 0 bridgehead atoms. The average molecular weight is 472 g/mol. The van der Waals surface area contributed by atoms with Crippen molar-refractivity contribution in [1.29, 1.82) is 0 Å². The molecule has 1 amide bonds. The maximum Gasteiger partial charge on any atom is 0.234 e. The van der Waals surface area contributed by atoms with Crippen molar-refractivity contribution in [2.45, 2.75) is 44.3 Å². The van der Waals surface area contributed by atoms with Gasteiger partial charge in [-0.05, 0) is 75.3 Å². The Morgan fingerprint density at radius 3 is 2.34 bits per heavy atom. The van der Waals surface area contributed by atoms with E-state index < -0.39 is 0 Å². The number of amides is 1. The second-order valence-electron chi connectivity index (χ2n) is 8.06. The lowest BCUT2D eigenvalue weighted by molar-refractivity contribution is -0.113. The van der Waals surface area contributed by atoms with E-state index in [1.807, 2.05) is 55.1 Å². The maximum atomic E-state index is 12.6. The van der Waals surface area contributed by atoms with E-state index in [-0.39, 0.29) is 17.7 Å². The first-order chi connectivity index (χ1) is 15.3. The van der Waals surface area contributed by atoms with Crippen molar-refractivity contribution in [1.82, 2.24) is 19.7 Å². The highest BCUT2D eigenvalue weighted by atomic mass is 35.5. The third-order valence-electron chi connectivity index (χ3n) is 5.60. The fraction of sp³-hybridized carbons (Fsp3) is 0.375. The molecule has 0 saturated heterocycles. The predicted octanol–water partition coefficient (Wildman–Crippen LogP) is 5.79. The van der Waals surface area contributed by atoms with Crippen molar-refractivity contribution in [2.24, 2.45) is 0 Å². The normalized spacial score (nSPS) is 13.2. The minimum atomic E-state index is -0.0841. The molecule has 0 saturated carbocycles. The number of hydrogen-bond donors (Lipinski definition) is 1. The van der Waals surface area contributed by atoms with Gasteiger partial charge >= 0.3 is 0 Å². The van der Waals surface area contributed by atoms with Gasteiger partial charge in [0.15, 0.2) is 11.0 Å². The van der Waals surface area contributed by atoms with Gasteiger partial charge in [-0.3, -0.25) is 14.3 Å². The van der Waals surface area contributed by atoms with Crippen LogP contribution in [0.15, 0.2) is 53.7 Å². The van der Waals surface area contributed by atoms with Gasteiger partial charge in [0.05, 0.1) is 11.8 Å². The van der Waals surface area contributed by atoms with Crippen molar-refractivity contribution in [2.75, 3.05) is 25.2 Å². The van der Waals surface area contributed by atoms with Crippen molar-refractivity contribution in [3.63, 3.8) is 0 Å². The Bertz CT molecular complexity index is 1030. The van der Waals surface area contributed by atoms with Crippen molar-refractivity contribution >= 4 is 35.0 Å². The van der Waals surface area contributed by atoms with Crippen molar-refractivity contribution in [3.05, 3.63) is 64.9 Å². The Hall–Kier alpha value is -2.35. The van der Waals surface area contributed by atoms with Gasteiger partial charge in [0, 0.05) is 16.4 Å². The molecule has 1 aromatic heterocycles. The molecule has 0 aliphatic carbocycles. The van der Waals surface area contributed by atoms with E-state index in [9.17, 15) is 4.79 Å². The van der Waals surface area contributed by atoms with Crippen molar-refractivity contribution < 1.29 is 4.79 Å². The Labute approximate surface area is 199 Å². The van der Waals surface area contributed by atoms with Gasteiger partial charge in [0.2, 0.25) is 5.91 Å². The van der Waals surface area contributed by atoms with Gasteiger partial charge in [-0.15, -0.1) is 10.2 Å². The van der Waals surface area contributed by atoms with E-state index in [1.165, 1.54) is 17.3 Å². The lowest BCUT2D eigenvalue weighted by atomic mass is 9.99. The summed E-state index contributed by atoms with van der Waals surface area (Å²) in [6.45, 7) is 6.44. The van der Waals surface area contributed by atoms with Crippen LogP contribution in [0, 0.1) is 0 Å². The number of halogens is 1. The Kier molecular flexibility index (Phi) is 8.34. The summed E-state index contributed by atoms with van der Waals surface area (Å²) in [7, 11) is 4.00. The third-order valence-corrected chi connectivity index (χ3v) is 6.78. The van der Waals surface area contributed by atoms with Crippen LogP contribution in [0.3, 0.4) is 0 Å². The molecule has 2 aromatic carbocycles. The van der Waals surface area contributed by atoms with Crippen LogP contribution in [0.1, 0.15) is 50.5 Å². The average Bonchev–Trinajstić information content (AvgIpc) is 3.21. The first kappa shape index (κ1) is 24.3. The summed E-state index contributed by atoms with van der Waals surface area (Å²) in [4.78, 5) is 14.7. The lowest BCUT2D eigenvalue weighted by Gasteiger charge is -2.20. The van der Waals surface area contributed by atoms with Crippen LogP contribution in [0.2, 0.25) is 5.02 Å². The monoisotopic (exact) mass is 471 g/mol. The van der Waals surface area contributed by atoms with E-state index >= 15 is 0 Å². The summed E-state index contributed by atoms with van der Waals surface area (Å²) in [6.07, 6.45) is 1.09. The molecule has 1 N–H and O–H groups in total. The van der Waals surface area contributed by atoms with E-state index in [0.29, 0.717) is 16.1 Å². The SMILES string of the molecule is CC[C@@H](C)c1ccc(NC(=O)CSc2nnc([C@@H](C)N(C)C)n2-c2ccc(Cl)cc2)cc1. The first-order valence-electron chi connectivity index (χ1n) is 10.7. The molecule has 0 spiro atoms. The molecule has 0 radical (unpaired) electrons. The predicted molar refractivity (Wildman–Crippen MR) is 133 cm³/mol. The number of anilines is 1. The topological polar surface area (TPSA) is 63.1 Å². The number of thioether (sulfide) groups is 1. The Morgan fingerprint density at radius 1 is 1.09 bits per heavy atom. The lowest BCUT2D eigenvalue weighted by Crippen LogP contribution is -2.21. The van der Waals surface area contributed by atoms with E-state index in [4.69, 9.17) is 11.6 Å². The highest BCUT2D eigenvalue weighted by molar-refractivity contribution is 7.99. The highest BCUT2D eigenvalue weighted by Crippen LogP contribution is 2.28. The molecule has 8 heteroatoms. The zero-order chi connectivity index (χ0) is 23.3. The number of carbonyl (C=O) groups is 1. The second-order valence-corrected chi connectivity index (χ2v) is 9.44. The molecule has 6 nitrogen and oxygen atoms in total. The van der Waals surface area contributed by atoms with Crippen LogP contribution in [0.5, 0.6) is 0 Å². The summed E-state index contributed by atoms with van der Waals surface area (Å²) in [5.74, 6) is 1.46. The van der Waals surface area contributed by atoms with E-state index in [0.717, 1.165) is 23.6 Å². The molecule has 0 aliphatic rings. The fourth-order valence-corrected chi connectivity index (χ4v) is 4.05. The van der Waals surface area contributed by atoms with Crippen LogP contribution in [0.4, 0.5) is 5.69 Å². The smallest absolute Gasteiger partial charge is 0.234 e. The number of carbonyl (C=O) groups excluding carboxylic acids is 1. The molecular weight excluding hydrogens is 442 g/mol. The summed E-state index contributed by atoms with van der Waals surface area (Å²) < 4.78 is 1.99. The number of nitrogens with zero attached hydrogens (tertiary/aromatic N) is 4. The second kappa shape index (κ2) is 11.0. The van der Waals surface area contributed by atoms with Gasteiger partial charge in [-0.2, -0.15) is 0 Å². The summed E-state index contributed by atoms with van der Waals surface area (Å²) in [5, 5.41) is 13.1. The number of nitrogens with one attached hydrogen (secondary N) is 1. The van der Waals surface area contributed by atoms with Crippen LogP contribution in [-0.4, -0.2) is 45.4 Å². The maximum absolute atomic E-state index is 12.6. The van der Waals surface area contributed by atoms with Gasteiger partial charge in [-0.25, -0.2) is 0 Å². The number of rotatable bonds is 9. The molecule has 0 aliphatic heterocycles. The minimum Gasteiger partial charge on any atom is -0.325 e. The molecule has 1 heterocycles. The van der Waals surface area contributed by atoms with Crippen molar-refractivity contribution in [3.8, 4) is 5.69 Å². The third kappa shape index (κ3) is 5.91. The molecule has 0 fully saturated rings. The minimum absolute atomic E-state index is 0.0466. The van der Waals surface area contributed by atoms with Crippen LogP contribution in [0.25, 0.3) is 5.69 Å². The van der Waals surface area contributed by atoms with Gasteiger partial charge in [0.1, 0.15) is 0 Å². The van der Waals surface area contributed by atoms with E-state index in [1.54, 1.807) is 0 Å². The van der Waals surface area contributed by atoms with Crippen LogP contribution in [-0.2, 0) is 4.79 Å². The molecular formula is C24H30ClN5OS. The van der Waals surface area contributed by atoms with Crippen LogP contribution < -0.4 is 5.32 Å². The van der Waals surface area contributed by atoms with Crippen LogP contribution >= 0.6 is 23.4 Å². The van der Waals surface area contributed by atoms with E-state index in [2.05, 4.69) is 53.3 Å². The first-order valence-corrected chi connectivity index (χ1v) is 12.1. The fourth-order valence-electron chi connectivity index (χ4n) is 3.17. The van der Waals surface area contributed by atoms with Gasteiger partial charge in [0.25, 0.3) is 0 Å². The largest absolute Gasteiger partial charge is 0.325 e. The number of aromatic nitrogens is 3. The molecule has 32 heavy (non-hydrogen) atoms. The summed E-state index contributed by atoms with van der Waals surface area (Å²) in [6, 6.07) is 15.6. The molecule has 0 unspecified atom stereocenters. The summed E-state index contributed by atoms with van der Waals surface area (Å²) >= 11 is 7.43.